The molecular weight excluding hydrogens is 391 g/mol. The number of ether oxygens (including phenoxy) is 1. The maximum absolute atomic E-state index is 14.5. The van der Waals surface area contributed by atoms with Gasteiger partial charge in [-0.2, -0.15) is 10.1 Å². The van der Waals surface area contributed by atoms with Gasteiger partial charge in [-0.15, -0.1) is 0 Å². The zero-order valence-electron chi connectivity index (χ0n) is 16.7. The summed E-state index contributed by atoms with van der Waals surface area (Å²) >= 11 is 0. The third-order valence-electron chi connectivity index (χ3n) is 6.22. The maximum Gasteiger partial charge on any atom is 0.409 e. The first-order valence-corrected chi connectivity index (χ1v) is 10.2. The molecule has 0 saturated carbocycles. The third kappa shape index (κ3) is 3.30. The van der Waals surface area contributed by atoms with Gasteiger partial charge in [-0.1, -0.05) is 5.16 Å². The molecule has 4 heterocycles. The van der Waals surface area contributed by atoms with Gasteiger partial charge in [0.25, 0.3) is 0 Å². The number of benzene rings is 1. The van der Waals surface area contributed by atoms with Gasteiger partial charge in [0.15, 0.2) is 0 Å². The van der Waals surface area contributed by atoms with E-state index in [9.17, 15) is 9.18 Å². The fraction of sp³-hybridized carbons (Fsp3) is 0.500. The molecule has 0 radical (unpaired) electrons. The lowest BCUT2D eigenvalue weighted by Gasteiger charge is -2.36. The molecule has 5 rings (SSSR count). The number of hydrogen-bond acceptors (Lipinski definition) is 7. The van der Waals surface area contributed by atoms with Crippen LogP contribution in [0.15, 0.2) is 22.9 Å². The summed E-state index contributed by atoms with van der Waals surface area (Å²) in [6.07, 6.45) is 4.07. The Hall–Kier alpha value is -3.01. The van der Waals surface area contributed by atoms with Crippen molar-refractivity contribution in [3.05, 3.63) is 30.0 Å². The topological polar surface area (TPSA) is 100 Å². The molecular formula is C20H23FN6O3. The van der Waals surface area contributed by atoms with E-state index in [1.165, 1.54) is 13.2 Å². The van der Waals surface area contributed by atoms with Crippen molar-refractivity contribution in [1.29, 1.82) is 0 Å². The molecule has 1 N–H and O–H groups in total. The fourth-order valence-electron chi connectivity index (χ4n) is 4.58. The normalized spacial score (nSPS) is 20.9. The highest BCUT2D eigenvalue weighted by Crippen LogP contribution is 2.33. The number of likely N-dealkylation sites (tertiary alicyclic amines) is 2. The number of aromatic nitrogens is 4. The van der Waals surface area contributed by atoms with E-state index in [4.69, 9.17) is 9.26 Å². The van der Waals surface area contributed by atoms with Crippen molar-refractivity contribution in [3.63, 3.8) is 0 Å². The molecule has 2 fully saturated rings. The minimum Gasteiger partial charge on any atom is -0.453 e. The van der Waals surface area contributed by atoms with Crippen molar-refractivity contribution in [2.24, 2.45) is 0 Å². The third-order valence-corrected chi connectivity index (χ3v) is 6.22. The Morgan fingerprint density at radius 2 is 2.10 bits per heavy atom. The van der Waals surface area contributed by atoms with E-state index in [2.05, 4.69) is 25.2 Å². The second-order valence-electron chi connectivity index (χ2n) is 7.88. The SMILES string of the molecule is COC(=O)N1CCC(N2CCC(c3nc(-c4c(F)ccc5[nH]ncc45)no3)C2)CC1. The smallest absolute Gasteiger partial charge is 0.409 e. The minimum atomic E-state index is -0.401. The summed E-state index contributed by atoms with van der Waals surface area (Å²) in [4.78, 5) is 20.4. The highest BCUT2D eigenvalue weighted by Gasteiger charge is 2.35. The molecule has 1 atom stereocenters. The minimum absolute atomic E-state index is 0.122. The molecule has 1 aromatic carbocycles. The summed E-state index contributed by atoms with van der Waals surface area (Å²) in [7, 11) is 1.41. The molecule has 9 nitrogen and oxygen atoms in total. The molecule has 2 saturated heterocycles. The highest BCUT2D eigenvalue weighted by atomic mass is 19.1. The highest BCUT2D eigenvalue weighted by molar-refractivity contribution is 5.92. The lowest BCUT2D eigenvalue weighted by molar-refractivity contribution is 0.0908. The number of fused-ring (bicyclic) bond motifs is 1. The van der Waals surface area contributed by atoms with Gasteiger partial charge >= 0.3 is 6.09 Å². The summed E-state index contributed by atoms with van der Waals surface area (Å²) < 4.78 is 24.8. The quantitative estimate of drug-likeness (QED) is 0.703. The van der Waals surface area contributed by atoms with Gasteiger partial charge in [-0.3, -0.25) is 10.00 Å². The van der Waals surface area contributed by atoms with E-state index < -0.39 is 5.82 Å². The van der Waals surface area contributed by atoms with Gasteiger partial charge in [0, 0.05) is 31.1 Å². The Kier molecular flexibility index (Phi) is 4.86. The van der Waals surface area contributed by atoms with Crippen LogP contribution in [-0.4, -0.2) is 75.6 Å². The number of methoxy groups -OCH3 is 1. The van der Waals surface area contributed by atoms with E-state index >= 15 is 0 Å². The van der Waals surface area contributed by atoms with Crippen molar-refractivity contribution in [2.45, 2.75) is 31.2 Å². The van der Waals surface area contributed by atoms with Gasteiger partial charge in [-0.05, 0) is 37.9 Å². The predicted molar refractivity (Wildman–Crippen MR) is 105 cm³/mol. The molecule has 2 aromatic heterocycles. The molecule has 30 heavy (non-hydrogen) atoms. The van der Waals surface area contributed by atoms with Crippen molar-refractivity contribution in [2.75, 3.05) is 33.3 Å². The molecule has 2 aliphatic rings. The largest absolute Gasteiger partial charge is 0.453 e. The van der Waals surface area contributed by atoms with Crippen molar-refractivity contribution < 1.29 is 18.4 Å². The number of H-pyrrole nitrogens is 1. The van der Waals surface area contributed by atoms with E-state index in [-0.39, 0.29) is 17.8 Å². The first kappa shape index (κ1) is 19.0. The average Bonchev–Trinajstić information content (AvgIpc) is 3.53. The van der Waals surface area contributed by atoms with Crippen LogP contribution in [0.3, 0.4) is 0 Å². The lowest BCUT2D eigenvalue weighted by Crippen LogP contribution is -2.46. The zero-order valence-corrected chi connectivity index (χ0v) is 16.7. The first-order chi connectivity index (χ1) is 14.6. The van der Waals surface area contributed by atoms with E-state index in [0.29, 0.717) is 36.0 Å². The van der Waals surface area contributed by atoms with Crippen LogP contribution in [0, 0.1) is 5.82 Å². The molecule has 10 heteroatoms. The van der Waals surface area contributed by atoms with Gasteiger partial charge < -0.3 is 14.2 Å². The Balaban J connectivity index is 1.27. The number of nitrogens with one attached hydrogen (secondary N) is 1. The van der Waals surface area contributed by atoms with Crippen molar-refractivity contribution >= 4 is 17.0 Å². The van der Waals surface area contributed by atoms with Crippen LogP contribution < -0.4 is 0 Å². The number of carbonyl (C=O) groups excluding carboxylic acids is 1. The fourth-order valence-corrected chi connectivity index (χ4v) is 4.58. The summed E-state index contributed by atoms with van der Waals surface area (Å²) in [6.45, 7) is 3.17. The molecule has 0 spiro atoms. The number of aromatic amines is 1. The number of hydrogen-bond donors (Lipinski definition) is 1. The van der Waals surface area contributed by atoms with Crippen LogP contribution in [0.5, 0.6) is 0 Å². The van der Waals surface area contributed by atoms with Crippen LogP contribution in [-0.2, 0) is 4.74 Å². The summed E-state index contributed by atoms with van der Waals surface area (Å²) in [5.41, 5.74) is 1.03. The van der Waals surface area contributed by atoms with Crippen molar-refractivity contribution in [1.82, 2.24) is 30.1 Å². The molecule has 0 bridgehead atoms. The zero-order chi connectivity index (χ0) is 20.7. The molecule has 158 valence electrons. The van der Waals surface area contributed by atoms with E-state index in [0.717, 1.165) is 37.9 Å². The van der Waals surface area contributed by atoms with Crippen LogP contribution in [0.25, 0.3) is 22.3 Å². The molecule has 0 aliphatic carbocycles. The van der Waals surface area contributed by atoms with Crippen LogP contribution in [0.2, 0.25) is 0 Å². The van der Waals surface area contributed by atoms with Gasteiger partial charge in [-0.25, -0.2) is 9.18 Å². The summed E-state index contributed by atoms with van der Waals surface area (Å²) in [5.74, 6) is 0.511. The van der Waals surface area contributed by atoms with Crippen molar-refractivity contribution in [3.8, 4) is 11.4 Å². The van der Waals surface area contributed by atoms with Gasteiger partial charge in [0.2, 0.25) is 11.7 Å². The number of carbonyl (C=O) groups is 1. The van der Waals surface area contributed by atoms with Crippen LogP contribution in [0.4, 0.5) is 9.18 Å². The monoisotopic (exact) mass is 414 g/mol. The van der Waals surface area contributed by atoms with Gasteiger partial charge in [0.1, 0.15) is 5.82 Å². The molecule has 1 amide bonds. The Labute approximate surface area is 172 Å². The number of amides is 1. The Morgan fingerprint density at radius 1 is 1.27 bits per heavy atom. The molecule has 3 aromatic rings. The number of piperidine rings is 1. The second-order valence-corrected chi connectivity index (χ2v) is 7.88. The predicted octanol–water partition coefficient (Wildman–Crippen LogP) is 2.77. The summed E-state index contributed by atoms with van der Waals surface area (Å²) in [5, 5.41) is 11.5. The Bertz CT molecular complexity index is 1060. The van der Waals surface area contributed by atoms with Crippen LogP contribution >= 0.6 is 0 Å². The molecule has 2 aliphatic heterocycles. The Morgan fingerprint density at radius 3 is 2.90 bits per heavy atom. The first-order valence-electron chi connectivity index (χ1n) is 10.2. The standard InChI is InChI=1S/C20H23FN6O3/c1-29-20(28)26-8-5-13(6-9-26)27-7-4-12(11-27)19-23-18(25-30-19)17-14-10-22-24-16(14)3-2-15(17)21/h2-3,10,12-13H,4-9,11H2,1H3,(H,22,24). The summed E-state index contributed by atoms with van der Waals surface area (Å²) in [6, 6.07) is 3.45. The maximum atomic E-state index is 14.5. The number of rotatable bonds is 3. The lowest BCUT2D eigenvalue weighted by atomic mass is 10.0. The van der Waals surface area contributed by atoms with E-state index in [1.807, 2.05) is 0 Å². The van der Waals surface area contributed by atoms with Crippen LogP contribution in [0.1, 0.15) is 31.1 Å². The second kappa shape index (κ2) is 7.67. The van der Waals surface area contributed by atoms with Gasteiger partial charge in [0.05, 0.1) is 30.3 Å². The average molecular weight is 414 g/mol. The molecule has 1 unspecified atom stereocenters. The number of halogens is 1. The number of nitrogens with zero attached hydrogens (tertiary/aromatic N) is 5. The van der Waals surface area contributed by atoms with E-state index in [1.54, 1.807) is 17.2 Å².